The molecular formula is C12H19N3O. The van der Waals surface area contributed by atoms with Crippen LogP contribution in [0.2, 0.25) is 0 Å². The highest BCUT2D eigenvalue weighted by molar-refractivity contribution is 5.97. The van der Waals surface area contributed by atoms with Gasteiger partial charge < -0.3 is 10.2 Å². The molecule has 0 radical (unpaired) electrons. The number of carbonyl (C=O) groups is 1. The fourth-order valence-electron chi connectivity index (χ4n) is 1.61. The predicted octanol–water partition coefficient (Wildman–Crippen LogP) is 0.914. The van der Waals surface area contributed by atoms with Crippen molar-refractivity contribution >= 4 is 5.91 Å². The second kappa shape index (κ2) is 5.13. The molecule has 0 aromatic heterocycles. The topological polar surface area (TPSA) is 56.1 Å². The zero-order valence-corrected chi connectivity index (χ0v) is 10.2. The van der Waals surface area contributed by atoms with Crippen molar-refractivity contribution < 1.29 is 4.79 Å². The van der Waals surface area contributed by atoms with E-state index in [2.05, 4.69) is 5.32 Å². The van der Waals surface area contributed by atoms with Crippen LogP contribution >= 0.6 is 0 Å². The summed E-state index contributed by atoms with van der Waals surface area (Å²) in [6.07, 6.45) is 1.75. The van der Waals surface area contributed by atoms with Gasteiger partial charge in [0.05, 0.1) is 0 Å². The maximum Gasteiger partial charge on any atom is 0.264 e. The van der Waals surface area contributed by atoms with Crippen LogP contribution in [0.3, 0.4) is 0 Å². The zero-order valence-electron chi connectivity index (χ0n) is 10.2. The normalized spacial score (nSPS) is 18.1. The Morgan fingerprint density at radius 3 is 2.38 bits per heavy atom. The van der Waals surface area contributed by atoms with E-state index in [-0.39, 0.29) is 16.9 Å². The Balaban J connectivity index is 2.77. The van der Waals surface area contributed by atoms with Crippen LogP contribution < -0.4 is 5.32 Å². The minimum absolute atomic E-state index is 0.140. The molecule has 4 heteroatoms. The Morgan fingerprint density at radius 2 is 1.94 bits per heavy atom. The standard InChI is InChI=1S/C12H19N3O/c1-12(2,3)8-10(9-13)11(16)15-6-4-14-5-7-15/h8,14H,4-7H2,1-3H3/b10-8+. The van der Waals surface area contributed by atoms with Gasteiger partial charge in [0.15, 0.2) is 0 Å². The van der Waals surface area contributed by atoms with Crippen molar-refractivity contribution in [1.82, 2.24) is 10.2 Å². The second-order valence-electron chi connectivity index (χ2n) is 5.08. The van der Waals surface area contributed by atoms with Crippen molar-refractivity contribution in [2.45, 2.75) is 20.8 Å². The zero-order chi connectivity index (χ0) is 12.2. The van der Waals surface area contributed by atoms with Crippen LogP contribution in [0.25, 0.3) is 0 Å². The van der Waals surface area contributed by atoms with Crippen molar-refractivity contribution in [3.8, 4) is 6.07 Å². The van der Waals surface area contributed by atoms with Gasteiger partial charge in [0, 0.05) is 26.2 Å². The van der Waals surface area contributed by atoms with E-state index in [0.29, 0.717) is 13.1 Å². The number of rotatable bonds is 1. The minimum atomic E-state index is -0.144. The maximum atomic E-state index is 12.0. The van der Waals surface area contributed by atoms with E-state index in [1.807, 2.05) is 26.8 Å². The van der Waals surface area contributed by atoms with E-state index in [1.54, 1.807) is 11.0 Å². The molecule has 1 saturated heterocycles. The summed E-state index contributed by atoms with van der Waals surface area (Å²) >= 11 is 0. The van der Waals surface area contributed by atoms with Gasteiger partial charge >= 0.3 is 0 Å². The molecular weight excluding hydrogens is 202 g/mol. The van der Waals surface area contributed by atoms with E-state index < -0.39 is 0 Å². The van der Waals surface area contributed by atoms with Crippen molar-refractivity contribution in [2.24, 2.45) is 5.41 Å². The molecule has 4 nitrogen and oxygen atoms in total. The number of allylic oxidation sites excluding steroid dienone is 1. The fourth-order valence-corrected chi connectivity index (χ4v) is 1.61. The predicted molar refractivity (Wildman–Crippen MR) is 62.6 cm³/mol. The summed E-state index contributed by atoms with van der Waals surface area (Å²) in [5.74, 6) is -0.140. The summed E-state index contributed by atoms with van der Waals surface area (Å²) in [5, 5.41) is 12.2. The first kappa shape index (κ1) is 12.7. The van der Waals surface area contributed by atoms with Crippen LogP contribution in [0, 0.1) is 16.7 Å². The van der Waals surface area contributed by atoms with Crippen LogP contribution in [-0.2, 0) is 4.79 Å². The third kappa shape index (κ3) is 3.67. The first-order chi connectivity index (χ1) is 7.44. The quantitative estimate of drug-likeness (QED) is 0.529. The number of hydrogen-bond donors (Lipinski definition) is 1. The molecule has 0 aromatic rings. The van der Waals surface area contributed by atoms with E-state index in [9.17, 15) is 4.79 Å². The molecule has 1 aliphatic rings. The molecule has 88 valence electrons. The lowest BCUT2D eigenvalue weighted by molar-refractivity contribution is -0.127. The monoisotopic (exact) mass is 221 g/mol. The number of nitrogens with zero attached hydrogens (tertiary/aromatic N) is 2. The molecule has 1 heterocycles. The van der Waals surface area contributed by atoms with E-state index >= 15 is 0 Å². The Kier molecular flexibility index (Phi) is 4.08. The molecule has 1 N–H and O–H groups in total. The highest BCUT2D eigenvalue weighted by atomic mass is 16.2. The highest BCUT2D eigenvalue weighted by Crippen LogP contribution is 2.18. The number of carbonyl (C=O) groups excluding carboxylic acids is 1. The number of nitriles is 1. The molecule has 16 heavy (non-hydrogen) atoms. The smallest absolute Gasteiger partial charge is 0.264 e. The lowest BCUT2D eigenvalue weighted by Crippen LogP contribution is -2.46. The van der Waals surface area contributed by atoms with Gasteiger partial charge in [0.25, 0.3) is 5.91 Å². The third-order valence-electron chi connectivity index (χ3n) is 2.33. The molecule has 1 fully saturated rings. The van der Waals surface area contributed by atoms with Crippen LogP contribution in [0.5, 0.6) is 0 Å². The first-order valence-corrected chi connectivity index (χ1v) is 5.57. The van der Waals surface area contributed by atoms with Crippen molar-refractivity contribution in [3.63, 3.8) is 0 Å². The molecule has 0 unspecified atom stereocenters. The molecule has 0 atom stereocenters. The molecule has 0 aromatic carbocycles. The van der Waals surface area contributed by atoms with Gasteiger partial charge in [0.2, 0.25) is 0 Å². The van der Waals surface area contributed by atoms with Crippen LogP contribution in [0.4, 0.5) is 0 Å². The van der Waals surface area contributed by atoms with Crippen molar-refractivity contribution in [3.05, 3.63) is 11.6 Å². The number of hydrogen-bond acceptors (Lipinski definition) is 3. The summed E-state index contributed by atoms with van der Waals surface area (Å²) in [6.45, 7) is 8.92. The molecule has 0 spiro atoms. The molecule has 1 rings (SSSR count). The van der Waals surface area contributed by atoms with Crippen LogP contribution in [0.1, 0.15) is 20.8 Å². The SMILES string of the molecule is CC(C)(C)/C=C(\C#N)C(=O)N1CCNCC1. The molecule has 1 amide bonds. The lowest BCUT2D eigenvalue weighted by Gasteiger charge is -2.27. The fraction of sp³-hybridized carbons (Fsp3) is 0.667. The molecule has 0 saturated carbocycles. The van der Waals surface area contributed by atoms with Crippen LogP contribution in [0.15, 0.2) is 11.6 Å². The Morgan fingerprint density at radius 1 is 1.38 bits per heavy atom. The molecule has 0 bridgehead atoms. The van der Waals surface area contributed by atoms with Gasteiger partial charge in [-0.15, -0.1) is 0 Å². The Labute approximate surface area is 96.9 Å². The van der Waals surface area contributed by atoms with Gasteiger partial charge in [0.1, 0.15) is 11.6 Å². The second-order valence-corrected chi connectivity index (χ2v) is 5.08. The average molecular weight is 221 g/mol. The van der Waals surface area contributed by atoms with E-state index in [1.165, 1.54) is 0 Å². The number of piperazine rings is 1. The van der Waals surface area contributed by atoms with E-state index in [0.717, 1.165) is 13.1 Å². The number of amides is 1. The van der Waals surface area contributed by atoms with Gasteiger partial charge in [-0.05, 0) is 5.41 Å². The minimum Gasteiger partial charge on any atom is -0.335 e. The molecule has 0 aliphatic carbocycles. The summed E-state index contributed by atoms with van der Waals surface area (Å²) in [7, 11) is 0. The van der Waals surface area contributed by atoms with E-state index in [4.69, 9.17) is 5.26 Å². The van der Waals surface area contributed by atoms with Gasteiger partial charge in [-0.2, -0.15) is 5.26 Å². The van der Waals surface area contributed by atoms with Crippen LogP contribution in [-0.4, -0.2) is 37.0 Å². The summed E-state index contributed by atoms with van der Waals surface area (Å²) < 4.78 is 0. The van der Waals surface area contributed by atoms with Crippen molar-refractivity contribution in [2.75, 3.05) is 26.2 Å². The first-order valence-electron chi connectivity index (χ1n) is 5.57. The number of nitrogens with one attached hydrogen (secondary N) is 1. The summed E-state index contributed by atoms with van der Waals surface area (Å²) in [5.41, 5.74) is 0.115. The summed E-state index contributed by atoms with van der Waals surface area (Å²) in [6, 6.07) is 2.01. The highest BCUT2D eigenvalue weighted by Gasteiger charge is 2.21. The van der Waals surface area contributed by atoms with Gasteiger partial charge in [-0.1, -0.05) is 26.8 Å². The van der Waals surface area contributed by atoms with Gasteiger partial charge in [-0.25, -0.2) is 0 Å². The largest absolute Gasteiger partial charge is 0.335 e. The maximum absolute atomic E-state index is 12.0. The third-order valence-corrected chi connectivity index (χ3v) is 2.33. The molecule has 1 aliphatic heterocycles. The Bertz CT molecular complexity index is 327. The van der Waals surface area contributed by atoms with Gasteiger partial charge in [-0.3, -0.25) is 4.79 Å². The average Bonchev–Trinajstić information content (AvgIpc) is 2.25. The Hall–Kier alpha value is -1.34. The summed E-state index contributed by atoms with van der Waals surface area (Å²) in [4.78, 5) is 13.7. The lowest BCUT2D eigenvalue weighted by atomic mass is 9.93. The van der Waals surface area contributed by atoms with Crippen molar-refractivity contribution in [1.29, 1.82) is 5.26 Å².